The molecule has 0 bridgehead atoms. The van der Waals surface area contributed by atoms with Crippen molar-refractivity contribution in [2.75, 3.05) is 19.6 Å². The maximum Gasteiger partial charge on any atom is 0.0229 e. The quantitative estimate of drug-likeness (QED) is 0.554. The highest BCUT2D eigenvalue weighted by Crippen LogP contribution is 2.27. The van der Waals surface area contributed by atoms with Crippen LogP contribution in [0.25, 0.3) is 0 Å². The maximum absolute atomic E-state index is 3.96. The molecule has 20 heavy (non-hydrogen) atoms. The van der Waals surface area contributed by atoms with Gasteiger partial charge in [0.2, 0.25) is 0 Å². The summed E-state index contributed by atoms with van der Waals surface area (Å²) in [5.74, 6) is 0.606. The smallest absolute Gasteiger partial charge is 0.0229 e. The molecule has 2 nitrogen and oxygen atoms in total. The third kappa shape index (κ3) is 5.86. The molecule has 0 atom stereocenters. The van der Waals surface area contributed by atoms with Crippen LogP contribution in [0.15, 0.2) is 35.3 Å². The zero-order valence-corrected chi connectivity index (χ0v) is 14.3. The number of rotatable bonds is 7. The lowest BCUT2D eigenvalue weighted by Gasteiger charge is -2.32. The van der Waals surface area contributed by atoms with Crippen LogP contribution in [0.1, 0.15) is 40.5 Å². The predicted octanol–water partition coefficient (Wildman–Crippen LogP) is 4.38. The van der Waals surface area contributed by atoms with E-state index in [1.165, 1.54) is 23.3 Å². The number of piperidine rings is 1. The molecular formula is C17H30N2S. The van der Waals surface area contributed by atoms with Gasteiger partial charge in [-0.15, -0.1) is 0 Å². The highest BCUT2D eigenvalue weighted by molar-refractivity contribution is 8.01. The molecule has 1 aliphatic heterocycles. The van der Waals surface area contributed by atoms with Crippen molar-refractivity contribution >= 4 is 11.9 Å². The second-order valence-corrected chi connectivity index (χ2v) is 6.77. The van der Waals surface area contributed by atoms with Crippen molar-refractivity contribution in [2.24, 2.45) is 5.92 Å². The molecule has 0 saturated carbocycles. The van der Waals surface area contributed by atoms with Crippen LogP contribution in [0.4, 0.5) is 0 Å². The third-order valence-corrected chi connectivity index (χ3v) is 5.18. The van der Waals surface area contributed by atoms with Crippen molar-refractivity contribution in [3.63, 3.8) is 0 Å². The van der Waals surface area contributed by atoms with Gasteiger partial charge < -0.3 is 5.32 Å². The molecule has 0 amide bonds. The van der Waals surface area contributed by atoms with Crippen molar-refractivity contribution in [1.82, 2.24) is 9.62 Å². The molecule has 0 radical (unpaired) electrons. The molecule has 3 heteroatoms. The van der Waals surface area contributed by atoms with Gasteiger partial charge in [0.15, 0.2) is 0 Å². The zero-order valence-electron chi connectivity index (χ0n) is 13.5. The van der Waals surface area contributed by atoms with Gasteiger partial charge in [-0.2, -0.15) is 0 Å². The van der Waals surface area contributed by atoms with Crippen LogP contribution < -0.4 is 5.32 Å². The van der Waals surface area contributed by atoms with Gasteiger partial charge >= 0.3 is 0 Å². The van der Waals surface area contributed by atoms with E-state index in [1.807, 2.05) is 18.0 Å². The first-order chi connectivity index (χ1) is 9.58. The Kier molecular flexibility index (Phi) is 8.27. The molecule has 0 aromatic carbocycles. The number of nitrogens with one attached hydrogen (secondary N) is 1. The fraction of sp³-hybridized carbons (Fsp3) is 0.647. The highest BCUT2D eigenvalue weighted by Gasteiger charge is 2.20. The van der Waals surface area contributed by atoms with E-state index in [0.717, 1.165) is 19.6 Å². The molecule has 0 unspecified atom stereocenters. The summed E-state index contributed by atoms with van der Waals surface area (Å²) in [7, 11) is 0. The van der Waals surface area contributed by atoms with Gasteiger partial charge in [-0.3, -0.25) is 0 Å². The van der Waals surface area contributed by atoms with Crippen LogP contribution in [-0.4, -0.2) is 30.0 Å². The molecule has 0 aromatic heterocycles. The van der Waals surface area contributed by atoms with Gasteiger partial charge in [0, 0.05) is 17.5 Å². The number of hydrogen-bond donors (Lipinski definition) is 1. The Morgan fingerprint density at radius 2 is 2.00 bits per heavy atom. The Morgan fingerprint density at radius 1 is 1.35 bits per heavy atom. The van der Waals surface area contributed by atoms with Crippen molar-refractivity contribution in [1.29, 1.82) is 0 Å². The first-order valence-corrected chi connectivity index (χ1v) is 8.52. The number of nitrogens with zero attached hydrogens (tertiary/aromatic N) is 1. The van der Waals surface area contributed by atoms with Crippen LogP contribution in [0.3, 0.4) is 0 Å². The summed E-state index contributed by atoms with van der Waals surface area (Å²) in [4.78, 5) is 1.24. The average Bonchev–Trinajstić information content (AvgIpc) is 2.48. The van der Waals surface area contributed by atoms with E-state index in [9.17, 15) is 0 Å². The second kappa shape index (κ2) is 9.43. The summed E-state index contributed by atoms with van der Waals surface area (Å²) in [5, 5.41) is 3.43. The first-order valence-electron chi connectivity index (χ1n) is 7.74. The Bertz CT molecular complexity index is 352. The van der Waals surface area contributed by atoms with Crippen molar-refractivity contribution in [3.8, 4) is 0 Å². The molecule has 1 saturated heterocycles. The standard InChI is InChI=1S/C17H30N2S/c1-6-17(9-8-15(5)14(3)4)20-19(7-2)16-10-12-18-13-11-16/h6,8-9,14,16,18H,1,7,10-13H2,2-5H3/b15-8+,17-9+. The van der Waals surface area contributed by atoms with Gasteiger partial charge in [-0.25, -0.2) is 4.31 Å². The van der Waals surface area contributed by atoms with Crippen molar-refractivity contribution in [3.05, 3.63) is 35.3 Å². The number of hydrogen-bond acceptors (Lipinski definition) is 3. The van der Waals surface area contributed by atoms with Crippen LogP contribution in [-0.2, 0) is 0 Å². The van der Waals surface area contributed by atoms with E-state index in [1.54, 1.807) is 0 Å². The van der Waals surface area contributed by atoms with E-state index in [-0.39, 0.29) is 0 Å². The third-order valence-electron chi connectivity index (χ3n) is 3.87. The normalized spacial score (nSPS) is 18.9. The Balaban J connectivity index is 2.67. The summed E-state index contributed by atoms with van der Waals surface area (Å²) in [6.07, 6.45) is 8.89. The minimum Gasteiger partial charge on any atom is -0.317 e. The lowest BCUT2D eigenvalue weighted by Crippen LogP contribution is -2.39. The molecule has 0 aliphatic carbocycles. The number of allylic oxidation sites excluding steroid dienone is 4. The van der Waals surface area contributed by atoms with Crippen LogP contribution in [0.5, 0.6) is 0 Å². The minimum atomic E-state index is 0.606. The lowest BCUT2D eigenvalue weighted by molar-refractivity contribution is 0.292. The van der Waals surface area contributed by atoms with Crippen LogP contribution >= 0.6 is 11.9 Å². The van der Waals surface area contributed by atoms with Gasteiger partial charge in [0.05, 0.1) is 0 Å². The molecule has 1 heterocycles. The molecule has 114 valence electrons. The van der Waals surface area contributed by atoms with Gasteiger partial charge in [-0.05, 0) is 56.8 Å². The Labute approximate surface area is 129 Å². The monoisotopic (exact) mass is 294 g/mol. The van der Waals surface area contributed by atoms with E-state index in [4.69, 9.17) is 0 Å². The van der Waals surface area contributed by atoms with Crippen molar-refractivity contribution < 1.29 is 0 Å². The molecule has 0 spiro atoms. The molecule has 1 aliphatic rings. The lowest BCUT2D eigenvalue weighted by atomic mass is 10.1. The van der Waals surface area contributed by atoms with Crippen LogP contribution in [0.2, 0.25) is 0 Å². The summed E-state index contributed by atoms with van der Waals surface area (Å²) in [5.41, 5.74) is 1.41. The van der Waals surface area contributed by atoms with E-state index >= 15 is 0 Å². The largest absolute Gasteiger partial charge is 0.317 e. The fourth-order valence-corrected chi connectivity index (χ4v) is 3.13. The van der Waals surface area contributed by atoms with E-state index in [0.29, 0.717) is 12.0 Å². The van der Waals surface area contributed by atoms with Gasteiger partial charge in [0.1, 0.15) is 0 Å². The summed E-state index contributed by atoms with van der Waals surface area (Å²) in [6.45, 7) is 16.2. The zero-order chi connectivity index (χ0) is 15.0. The molecule has 1 fully saturated rings. The Hall–Kier alpha value is -0.510. The molecule has 1 rings (SSSR count). The SMILES string of the molecule is C=C/C(=C\C=C(/C)C(C)C)SN(CC)C1CCNCC1. The predicted molar refractivity (Wildman–Crippen MR) is 92.7 cm³/mol. The topological polar surface area (TPSA) is 15.3 Å². The maximum atomic E-state index is 3.96. The van der Waals surface area contributed by atoms with E-state index < -0.39 is 0 Å². The molecule has 0 aromatic rings. The average molecular weight is 295 g/mol. The Morgan fingerprint density at radius 3 is 2.50 bits per heavy atom. The van der Waals surface area contributed by atoms with Crippen LogP contribution in [0, 0.1) is 5.92 Å². The van der Waals surface area contributed by atoms with E-state index in [2.05, 4.69) is 56.0 Å². The second-order valence-electron chi connectivity index (χ2n) is 5.64. The molecular weight excluding hydrogens is 264 g/mol. The van der Waals surface area contributed by atoms with Crippen molar-refractivity contribution in [2.45, 2.75) is 46.6 Å². The first kappa shape index (κ1) is 17.5. The summed E-state index contributed by atoms with van der Waals surface area (Å²) in [6, 6.07) is 0.685. The molecule has 1 N–H and O–H groups in total. The summed E-state index contributed by atoms with van der Waals surface area (Å²) < 4.78 is 2.51. The highest BCUT2D eigenvalue weighted by atomic mass is 32.2. The fourth-order valence-electron chi connectivity index (χ4n) is 2.17. The van der Waals surface area contributed by atoms with Gasteiger partial charge in [0.25, 0.3) is 0 Å². The van der Waals surface area contributed by atoms with Gasteiger partial charge in [-0.1, -0.05) is 45.1 Å². The summed E-state index contributed by atoms with van der Waals surface area (Å²) >= 11 is 1.85. The minimum absolute atomic E-state index is 0.606.